The van der Waals surface area contributed by atoms with E-state index in [0.29, 0.717) is 10.9 Å². The molecule has 0 fully saturated rings. The van der Waals surface area contributed by atoms with E-state index in [1.807, 2.05) is 12.1 Å². The molecule has 1 N–H and O–H groups in total. The fraction of sp³-hybridized carbons (Fsp3) is 0. The predicted molar refractivity (Wildman–Crippen MR) is 129 cm³/mol. The van der Waals surface area contributed by atoms with Gasteiger partial charge in [0.15, 0.2) is 11.6 Å². The van der Waals surface area contributed by atoms with Gasteiger partial charge in [-0.25, -0.2) is 13.2 Å². The highest BCUT2D eigenvalue weighted by atomic mass is 19.1. The molecular formula is C28H16F3N3O2. The van der Waals surface area contributed by atoms with Crippen molar-refractivity contribution in [3.05, 3.63) is 126 Å². The quantitative estimate of drug-likeness (QED) is 0.302. The Hall–Kier alpha value is -4.85. The number of nitrogens with one attached hydrogen (secondary N) is 1. The molecule has 0 aliphatic heterocycles. The first-order chi connectivity index (χ1) is 17.4. The third-order valence-electron chi connectivity index (χ3n) is 5.56. The average molecular weight is 483 g/mol. The minimum Gasteiger partial charge on any atom is -0.319 e. The Bertz CT molecular complexity index is 1640. The van der Waals surface area contributed by atoms with Gasteiger partial charge in [0, 0.05) is 52.3 Å². The lowest BCUT2D eigenvalue weighted by atomic mass is 9.99. The number of hydrogen-bond donors (Lipinski definition) is 1. The molecule has 0 radical (unpaired) electrons. The van der Waals surface area contributed by atoms with Crippen molar-refractivity contribution in [3.63, 3.8) is 0 Å². The van der Waals surface area contributed by atoms with E-state index in [9.17, 15) is 18.4 Å². The summed E-state index contributed by atoms with van der Waals surface area (Å²) in [6, 6.07) is 16.4. The number of ketones is 1. The molecule has 8 heteroatoms. The molecule has 5 nitrogen and oxygen atoms in total. The van der Waals surface area contributed by atoms with Crippen LogP contribution >= 0.6 is 0 Å². The summed E-state index contributed by atoms with van der Waals surface area (Å²) in [4.78, 5) is 34.1. The van der Waals surface area contributed by atoms with Crippen molar-refractivity contribution < 1.29 is 22.8 Å². The van der Waals surface area contributed by atoms with Crippen LogP contribution in [0.4, 0.5) is 18.9 Å². The second-order valence-electron chi connectivity index (χ2n) is 7.98. The molecule has 3 aromatic carbocycles. The molecule has 5 aromatic rings. The molecule has 0 atom stereocenters. The number of carbonyl (C=O) groups is 2. The first kappa shape index (κ1) is 22.9. The van der Waals surface area contributed by atoms with Crippen LogP contribution in [0.1, 0.15) is 26.3 Å². The van der Waals surface area contributed by atoms with Crippen molar-refractivity contribution in [1.29, 1.82) is 0 Å². The summed E-state index contributed by atoms with van der Waals surface area (Å²) in [5.74, 6) is -4.31. The number of fused-ring (bicyclic) bond motifs is 1. The number of nitrogens with zero attached hydrogens (tertiary/aromatic N) is 2. The van der Waals surface area contributed by atoms with Crippen LogP contribution < -0.4 is 5.32 Å². The smallest absolute Gasteiger partial charge is 0.255 e. The lowest BCUT2D eigenvalue weighted by Crippen LogP contribution is -2.15. The second-order valence-corrected chi connectivity index (χ2v) is 7.98. The monoisotopic (exact) mass is 483 g/mol. The van der Waals surface area contributed by atoms with Crippen LogP contribution in [-0.2, 0) is 0 Å². The Labute approximate surface area is 203 Å². The minimum absolute atomic E-state index is 0.0852. The largest absolute Gasteiger partial charge is 0.319 e. The van der Waals surface area contributed by atoms with E-state index < -0.39 is 40.4 Å². The molecule has 2 heterocycles. The molecule has 2 aromatic heterocycles. The standard InChI is InChI=1S/C28H16F3N3O2/c29-21-5-1-3-17(11-21)28(36)34-25-13-22(30)12-23(26(25)31)27(35)16-6-7-24-19(9-16)10-20(15-33-24)18-4-2-8-32-14-18/h1-15H,(H,34,36). The molecule has 0 aliphatic carbocycles. The number of hydrogen-bond acceptors (Lipinski definition) is 4. The van der Waals surface area contributed by atoms with Gasteiger partial charge in [-0.1, -0.05) is 12.1 Å². The summed E-state index contributed by atoms with van der Waals surface area (Å²) in [6.07, 6.45) is 5.01. The van der Waals surface area contributed by atoms with Crippen LogP contribution in [0.5, 0.6) is 0 Å². The van der Waals surface area contributed by atoms with Gasteiger partial charge in [-0.05, 0) is 54.6 Å². The van der Waals surface area contributed by atoms with Crippen LogP contribution in [0.3, 0.4) is 0 Å². The van der Waals surface area contributed by atoms with E-state index in [2.05, 4.69) is 15.3 Å². The van der Waals surface area contributed by atoms with Gasteiger partial charge < -0.3 is 5.32 Å². The number of rotatable bonds is 5. The van der Waals surface area contributed by atoms with Crippen molar-refractivity contribution in [2.75, 3.05) is 5.32 Å². The fourth-order valence-corrected chi connectivity index (χ4v) is 3.79. The molecule has 176 valence electrons. The van der Waals surface area contributed by atoms with Gasteiger partial charge in [0.2, 0.25) is 0 Å². The van der Waals surface area contributed by atoms with Crippen molar-refractivity contribution in [2.45, 2.75) is 0 Å². The van der Waals surface area contributed by atoms with Crippen molar-refractivity contribution in [2.24, 2.45) is 0 Å². The van der Waals surface area contributed by atoms with Crippen molar-refractivity contribution >= 4 is 28.3 Å². The Morgan fingerprint density at radius 2 is 1.61 bits per heavy atom. The maximum absolute atomic E-state index is 15.2. The number of pyridine rings is 2. The zero-order valence-electron chi connectivity index (χ0n) is 18.5. The van der Waals surface area contributed by atoms with E-state index in [4.69, 9.17) is 0 Å². The summed E-state index contributed by atoms with van der Waals surface area (Å²) >= 11 is 0. The highest BCUT2D eigenvalue weighted by Gasteiger charge is 2.21. The molecule has 0 saturated carbocycles. The second kappa shape index (κ2) is 9.42. The Morgan fingerprint density at radius 1 is 0.750 bits per heavy atom. The van der Waals surface area contributed by atoms with Gasteiger partial charge in [-0.2, -0.15) is 0 Å². The van der Waals surface area contributed by atoms with Crippen LogP contribution in [0.15, 0.2) is 91.4 Å². The number of amides is 1. The molecule has 5 rings (SSSR count). The van der Waals surface area contributed by atoms with Crippen LogP contribution in [0, 0.1) is 17.5 Å². The van der Waals surface area contributed by atoms with Crippen molar-refractivity contribution in [3.8, 4) is 11.1 Å². The highest BCUT2D eigenvalue weighted by molar-refractivity contribution is 6.12. The third kappa shape index (κ3) is 4.56. The minimum atomic E-state index is -1.10. The lowest BCUT2D eigenvalue weighted by molar-refractivity contribution is 0.101. The Balaban J connectivity index is 1.49. The molecule has 0 bridgehead atoms. The average Bonchev–Trinajstić information content (AvgIpc) is 2.90. The fourth-order valence-electron chi connectivity index (χ4n) is 3.79. The van der Waals surface area contributed by atoms with E-state index >= 15 is 4.39 Å². The summed E-state index contributed by atoms with van der Waals surface area (Å²) < 4.78 is 43.0. The van der Waals surface area contributed by atoms with Crippen LogP contribution in [0.25, 0.3) is 22.0 Å². The van der Waals surface area contributed by atoms with Gasteiger partial charge in [-0.15, -0.1) is 0 Å². The van der Waals surface area contributed by atoms with E-state index in [-0.39, 0.29) is 11.1 Å². The van der Waals surface area contributed by atoms with Gasteiger partial charge in [0.05, 0.1) is 16.8 Å². The summed E-state index contributed by atoms with van der Waals surface area (Å²) in [6.45, 7) is 0. The van der Waals surface area contributed by atoms with Gasteiger partial charge in [0.25, 0.3) is 5.91 Å². The first-order valence-corrected chi connectivity index (χ1v) is 10.8. The topological polar surface area (TPSA) is 72.0 Å². The summed E-state index contributed by atoms with van der Waals surface area (Å²) in [5.41, 5.74) is 1.16. The molecule has 1 amide bonds. The van der Waals surface area contributed by atoms with Gasteiger partial charge in [0.1, 0.15) is 11.6 Å². The molecule has 0 unspecified atom stereocenters. The third-order valence-corrected chi connectivity index (χ3v) is 5.56. The number of benzene rings is 3. The number of anilines is 1. The number of carbonyl (C=O) groups excluding carboxylic acids is 2. The highest BCUT2D eigenvalue weighted by Crippen LogP contribution is 2.27. The van der Waals surface area contributed by atoms with Gasteiger partial charge in [-0.3, -0.25) is 19.6 Å². The zero-order valence-corrected chi connectivity index (χ0v) is 18.5. The predicted octanol–water partition coefficient (Wildman–Crippen LogP) is 6.20. The first-order valence-electron chi connectivity index (χ1n) is 10.8. The molecular weight excluding hydrogens is 467 g/mol. The summed E-state index contributed by atoms with van der Waals surface area (Å²) in [5, 5.41) is 2.83. The Morgan fingerprint density at radius 3 is 2.39 bits per heavy atom. The van der Waals surface area contributed by atoms with E-state index in [1.165, 1.54) is 18.2 Å². The normalized spacial score (nSPS) is 10.9. The van der Waals surface area contributed by atoms with Crippen molar-refractivity contribution in [1.82, 2.24) is 9.97 Å². The maximum Gasteiger partial charge on any atom is 0.255 e. The maximum atomic E-state index is 15.2. The molecule has 36 heavy (non-hydrogen) atoms. The number of halogens is 3. The Kier molecular flexibility index (Phi) is 6.00. The molecule has 0 aliphatic rings. The van der Waals surface area contributed by atoms with Crippen LogP contribution in [-0.4, -0.2) is 21.7 Å². The van der Waals surface area contributed by atoms with Gasteiger partial charge >= 0.3 is 0 Å². The number of aromatic nitrogens is 2. The van der Waals surface area contributed by atoms with E-state index in [0.717, 1.165) is 35.4 Å². The van der Waals surface area contributed by atoms with Crippen LogP contribution in [0.2, 0.25) is 0 Å². The summed E-state index contributed by atoms with van der Waals surface area (Å²) in [7, 11) is 0. The molecule has 0 saturated heterocycles. The zero-order chi connectivity index (χ0) is 25.2. The molecule has 0 spiro atoms. The SMILES string of the molecule is O=C(Nc1cc(F)cc(C(=O)c2ccc3ncc(-c4cccnc4)cc3c2)c1F)c1cccc(F)c1. The lowest BCUT2D eigenvalue weighted by Gasteiger charge is -2.11. The van der Waals surface area contributed by atoms with E-state index in [1.54, 1.807) is 36.8 Å².